The Morgan fingerprint density at radius 2 is 2.20 bits per heavy atom. The fourth-order valence-corrected chi connectivity index (χ4v) is 1.76. The molecule has 2 aliphatic carbocycles. The molecule has 2 rings (SSSR count). The van der Waals surface area contributed by atoms with E-state index in [0.717, 1.165) is 19.4 Å². The van der Waals surface area contributed by atoms with Crippen LogP contribution in [0.5, 0.6) is 0 Å². The van der Waals surface area contributed by atoms with Crippen LogP contribution in [0.3, 0.4) is 0 Å². The van der Waals surface area contributed by atoms with E-state index in [9.17, 15) is 5.11 Å². The highest BCUT2D eigenvalue weighted by atomic mass is 16.5. The zero-order chi connectivity index (χ0) is 10.5. The largest absolute Gasteiger partial charge is 0.508 e. The molecule has 0 amide bonds. The predicted octanol–water partition coefficient (Wildman–Crippen LogP) is 2.91. The first-order chi connectivity index (χ1) is 7.34. The van der Waals surface area contributed by atoms with E-state index in [1.807, 2.05) is 6.08 Å². The Kier molecular flexibility index (Phi) is 3.41. The average Bonchev–Trinajstić information content (AvgIpc) is 2.28. The number of rotatable bonds is 3. The maximum atomic E-state index is 9.29. The van der Waals surface area contributed by atoms with Gasteiger partial charge < -0.3 is 9.84 Å². The minimum Gasteiger partial charge on any atom is -0.508 e. The van der Waals surface area contributed by atoms with Gasteiger partial charge in [-0.1, -0.05) is 30.4 Å². The summed E-state index contributed by atoms with van der Waals surface area (Å²) in [5.41, 5.74) is 0. The summed E-state index contributed by atoms with van der Waals surface area (Å²) in [4.78, 5) is 0. The lowest BCUT2D eigenvalue weighted by atomic mass is 10.0. The summed E-state index contributed by atoms with van der Waals surface area (Å²) < 4.78 is 5.72. The van der Waals surface area contributed by atoms with E-state index >= 15 is 0 Å². The van der Waals surface area contributed by atoms with Crippen LogP contribution in [-0.4, -0.2) is 17.8 Å². The highest BCUT2D eigenvalue weighted by Gasteiger charge is 2.12. The minimum absolute atomic E-state index is 0.0364. The molecule has 0 aliphatic heterocycles. The van der Waals surface area contributed by atoms with Gasteiger partial charge in [-0.3, -0.25) is 0 Å². The van der Waals surface area contributed by atoms with Crippen molar-refractivity contribution in [1.29, 1.82) is 0 Å². The van der Waals surface area contributed by atoms with E-state index in [0.29, 0.717) is 11.7 Å². The van der Waals surface area contributed by atoms with Crippen LogP contribution in [0, 0.1) is 5.92 Å². The van der Waals surface area contributed by atoms with Crippen LogP contribution in [0.15, 0.2) is 48.3 Å². The zero-order valence-electron chi connectivity index (χ0n) is 8.67. The Morgan fingerprint density at radius 1 is 1.27 bits per heavy atom. The molecule has 0 saturated carbocycles. The first-order valence-electron chi connectivity index (χ1n) is 5.37. The van der Waals surface area contributed by atoms with Gasteiger partial charge in [0.05, 0.1) is 12.7 Å². The van der Waals surface area contributed by atoms with Crippen LogP contribution in [-0.2, 0) is 4.74 Å². The van der Waals surface area contributed by atoms with E-state index < -0.39 is 0 Å². The van der Waals surface area contributed by atoms with Gasteiger partial charge in [-0.05, 0) is 25.0 Å². The molecule has 1 N–H and O–H groups in total. The lowest BCUT2D eigenvalue weighted by Gasteiger charge is -2.19. The number of allylic oxidation sites excluding steroid dienone is 4. The van der Waals surface area contributed by atoms with Gasteiger partial charge in [0.25, 0.3) is 0 Å². The Balaban J connectivity index is 1.76. The second kappa shape index (κ2) is 4.99. The van der Waals surface area contributed by atoms with Gasteiger partial charge in [0.2, 0.25) is 0 Å². The van der Waals surface area contributed by atoms with E-state index in [4.69, 9.17) is 4.74 Å². The molecule has 2 heteroatoms. The number of ether oxygens (including phenoxy) is 1. The molecule has 15 heavy (non-hydrogen) atoms. The first kappa shape index (κ1) is 10.2. The summed E-state index contributed by atoms with van der Waals surface area (Å²) in [6.45, 7) is 0.725. The summed E-state index contributed by atoms with van der Waals surface area (Å²) in [6, 6.07) is 0. The van der Waals surface area contributed by atoms with Crippen LogP contribution < -0.4 is 0 Å². The Labute approximate surface area is 90.3 Å². The quantitative estimate of drug-likeness (QED) is 0.766. The molecule has 0 bridgehead atoms. The van der Waals surface area contributed by atoms with Crippen LogP contribution in [0.1, 0.15) is 12.8 Å². The van der Waals surface area contributed by atoms with Crippen molar-refractivity contribution in [2.24, 2.45) is 5.92 Å². The SMILES string of the molecule is OC1=CC(OCC2C=CC=CC2)CC=C1. The molecule has 2 unspecified atom stereocenters. The number of aliphatic hydroxyl groups excluding tert-OH is 1. The van der Waals surface area contributed by atoms with E-state index in [-0.39, 0.29) is 6.10 Å². The molecule has 0 aromatic carbocycles. The number of hydrogen-bond donors (Lipinski definition) is 1. The normalized spacial score (nSPS) is 29.2. The Hall–Kier alpha value is -1.28. The zero-order valence-corrected chi connectivity index (χ0v) is 8.67. The van der Waals surface area contributed by atoms with Gasteiger partial charge in [-0.25, -0.2) is 0 Å². The standard InChI is InChI=1S/C13H16O2/c14-12-7-4-8-13(9-12)15-10-11-5-2-1-3-6-11/h1-5,7,9,11,13-14H,6,8,10H2. The van der Waals surface area contributed by atoms with Gasteiger partial charge >= 0.3 is 0 Å². The molecule has 0 fully saturated rings. The highest BCUT2D eigenvalue weighted by Crippen LogP contribution is 2.16. The van der Waals surface area contributed by atoms with Crippen LogP contribution >= 0.6 is 0 Å². The third-order valence-corrected chi connectivity index (χ3v) is 2.61. The molecule has 0 spiro atoms. The summed E-state index contributed by atoms with van der Waals surface area (Å²) in [5, 5.41) is 9.29. The predicted molar refractivity (Wildman–Crippen MR) is 60.6 cm³/mol. The van der Waals surface area contributed by atoms with Gasteiger partial charge in [0.1, 0.15) is 5.76 Å². The fraction of sp³-hybridized carbons (Fsp3) is 0.385. The fourth-order valence-electron chi connectivity index (χ4n) is 1.76. The monoisotopic (exact) mass is 204 g/mol. The van der Waals surface area contributed by atoms with Gasteiger partial charge in [0, 0.05) is 5.92 Å². The molecular weight excluding hydrogens is 188 g/mol. The van der Waals surface area contributed by atoms with Gasteiger partial charge in [-0.2, -0.15) is 0 Å². The lowest BCUT2D eigenvalue weighted by molar-refractivity contribution is 0.0665. The maximum Gasteiger partial charge on any atom is 0.113 e. The van der Waals surface area contributed by atoms with Gasteiger partial charge in [-0.15, -0.1) is 0 Å². The van der Waals surface area contributed by atoms with Gasteiger partial charge in [0.15, 0.2) is 0 Å². The average molecular weight is 204 g/mol. The minimum atomic E-state index is 0.0364. The second-order valence-corrected chi connectivity index (χ2v) is 3.91. The smallest absolute Gasteiger partial charge is 0.113 e. The van der Waals surface area contributed by atoms with Crippen molar-refractivity contribution < 1.29 is 9.84 Å². The molecule has 2 aliphatic rings. The van der Waals surface area contributed by atoms with Crippen molar-refractivity contribution in [1.82, 2.24) is 0 Å². The highest BCUT2D eigenvalue weighted by molar-refractivity contribution is 5.18. The van der Waals surface area contributed by atoms with Crippen LogP contribution in [0.4, 0.5) is 0 Å². The molecule has 2 atom stereocenters. The van der Waals surface area contributed by atoms with Crippen molar-refractivity contribution in [2.45, 2.75) is 18.9 Å². The van der Waals surface area contributed by atoms with Crippen molar-refractivity contribution in [3.05, 3.63) is 48.3 Å². The molecule has 0 heterocycles. The van der Waals surface area contributed by atoms with Crippen molar-refractivity contribution in [3.63, 3.8) is 0 Å². The molecule has 0 aromatic heterocycles. The van der Waals surface area contributed by atoms with Crippen molar-refractivity contribution in [3.8, 4) is 0 Å². The summed E-state index contributed by atoms with van der Waals surface area (Å²) in [6.07, 6.45) is 15.8. The van der Waals surface area contributed by atoms with Crippen LogP contribution in [0.25, 0.3) is 0 Å². The summed E-state index contributed by atoms with van der Waals surface area (Å²) in [5.74, 6) is 0.793. The summed E-state index contributed by atoms with van der Waals surface area (Å²) in [7, 11) is 0. The molecule has 2 nitrogen and oxygen atoms in total. The first-order valence-corrected chi connectivity index (χ1v) is 5.37. The lowest BCUT2D eigenvalue weighted by Crippen LogP contribution is -2.17. The third-order valence-electron chi connectivity index (χ3n) is 2.61. The van der Waals surface area contributed by atoms with Crippen molar-refractivity contribution in [2.75, 3.05) is 6.61 Å². The van der Waals surface area contributed by atoms with E-state index in [2.05, 4.69) is 24.3 Å². The molecular formula is C13H16O2. The second-order valence-electron chi connectivity index (χ2n) is 3.91. The maximum absolute atomic E-state index is 9.29. The third kappa shape index (κ3) is 3.10. The van der Waals surface area contributed by atoms with Crippen LogP contribution in [0.2, 0.25) is 0 Å². The Morgan fingerprint density at radius 3 is 2.93 bits per heavy atom. The number of hydrogen-bond acceptors (Lipinski definition) is 2. The topological polar surface area (TPSA) is 29.5 Å². The molecule has 0 aromatic rings. The van der Waals surface area contributed by atoms with E-state index in [1.165, 1.54) is 0 Å². The molecule has 0 saturated heterocycles. The van der Waals surface area contributed by atoms with Crippen molar-refractivity contribution >= 4 is 0 Å². The van der Waals surface area contributed by atoms with E-state index in [1.54, 1.807) is 12.2 Å². The Bertz CT molecular complexity index is 323. The molecule has 0 radical (unpaired) electrons. The molecule has 80 valence electrons. The number of aliphatic hydroxyl groups is 1. The summed E-state index contributed by atoms with van der Waals surface area (Å²) >= 11 is 0.